The molecule has 27 heavy (non-hydrogen) atoms. The van der Waals surface area contributed by atoms with Gasteiger partial charge in [-0.05, 0) is 42.8 Å². The number of halogens is 1. The van der Waals surface area contributed by atoms with Crippen LogP contribution in [0, 0.1) is 5.82 Å². The molecular formula is C20H17FN2O3S. The lowest BCUT2D eigenvalue weighted by molar-refractivity contribution is -0.139. The summed E-state index contributed by atoms with van der Waals surface area (Å²) < 4.78 is 18.0. The third-order valence-corrected chi connectivity index (χ3v) is 4.86. The standard InChI is InChI=1S/C20H17FN2O3S/c1-13(19(25)26-2)27-20-22-17(12-14-6-4-3-5-7-14)18(24)23(20)16-10-8-15(21)9-11-16/h3-13H,1-2H3/b17-12-/t13-/m1/s1. The van der Waals surface area contributed by atoms with Crippen LogP contribution in [0.3, 0.4) is 0 Å². The van der Waals surface area contributed by atoms with E-state index in [-0.39, 0.29) is 11.6 Å². The number of thioether (sulfide) groups is 1. The second-order valence-corrected chi connectivity index (χ2v) is 7.04. The van der Waals surface area contributed by atoms with Crippen LogP contribution in [-0.2, 0) is 14.3 Å². The van der Waals surface area contributed by atoms with Crippen LogP contribution in [0.15, 0.2) is 65.3 Å². The average molecular weight is 384 g/mol. The van der Waals surface area contributed by atoms with Crippen LogP contribution < -0.4 is 4.90 Å². The molecule has 0 saturated heterocycles. The van der Waals surface area contributed by atoms with Crippen LogP contribution in [0.2, 0.25) is 0 Å². The van der Waals surface area contributed by atoms with E-state index in [1.54, 1.807) is 13.0 Å². The minimum atomic E-state index is -0.555. The molecule has 1 aliphatic rings. The van der Waals surface area contributed by atoms with Gasteiger partial charge in [-0.2, -0.15) is 0 Å². The molecule has 1 amide bonds. The molecular weight excluding hydrogens is 367 g/mol. The summed E-state index contributed by atoms with van der Waals surface area (Å²) in [6.07, 6.45) is 1.68. The van der Waals surface area contributed by atoms with E-state index in [0.717, 1.165) is 17.3 Å². The fourth-order valence-corrected chi connectivity index (χ4v) is 3.43. The van der Waals surface area contributed by atoms with Crippen molar-refractivity contribution in [2.24, 2.45) is 4.99 Å². The highest BCUT2D eigenvalue weighted by Gasteiger charge is 2.34. The zero-order valence-electron chi connectivity index (χ0n) is 14.8. The summed E-state index contributed by atoms with van der Waals surface area (Å²) in [5.41, 5.74) is 1.54. The molecule has 138 valence electrons. The molecule has 1 atom stereocenters. The maximum absolute atomic E-state index is 13.3. The predicted molar refractivity (Wildman–Crippen MR) is 105 cm³/mol. The zero-order valence-corrected chi connectivity index (χ0v) is 15.6. The van der Waals surface area contributed by atoms with Gasteiger partial charge in [0.05, 0.1) is 12.8 Å². The second kappa shape index (κ2) is 8.18. The van der Waals surface area contributed by atoms with Gasteiger partial charge in [-0.25, -0.2) is 9.38 Å². The van der Waals surface area contributed by atoms with Gasteiger partial charge < -0.3 is 4.74 Å². The van der Waals surface area contributed by atoms with Crippen molar-refractivity contribution < 1.29 is 18.7 Å². The van der Waals surface area contributed by atoms with Gasteiger partial charge in [0.15, 0.2) is 5.17 Å². The first-order chi connectivity index (χ1) is 13.0. The number of rotatable bonds is 4. The molecule has 2 aromatic carbocycles. The van der Waals surface area contributed by atoms with Crippen molar-refractivity contribution in [1.82, 2.24) is 0 Å². The highest BCUT2D eigenvalue weighted by Crippen LogP contribution is 2.31. The van der Waals surface area contributed by atoms with Gasteiger partial charge in [-0.15, -0.1) is 0 Å². The highest BCUT2D eigenvalue weighted by molar-refractivity contribution is 8.15. The summed E-state index contributed by atoms with van der Waals surface area (Å²) in [6.45, 7) is 1.67. The molecule has 7 heteroatoms. The van der Waals surface area contributed by atoms with E-state index in [4.69, 9.17) is 4.74 Å². The molecule has 1 aliphatic heterocycles. The predicted octanol–water partition coefficient (Wildman–Crippen LogP) is 3.86. The van der Waals surface area contributed by atoms with E-state index in [1.807, 2.05) is 30.3 Å². The fourth-order valence-electron chi connectivity index (χ4n) is 2.47. The number of hydrogen-bond acceptors (Lipinski definition) is 5. The number of benzene rings is 2. The lowest BCUT2D eigenvalue weighted by Crippen LogP contribution is -2.32. The highest BCUT2D eigenvalue weighted by atomic mass is 32.2. The second-order valence-electron chi connectivity index (χ2n) is 5.73. The van der Waals surface area contributed by atoms with Crippen molar-refractivity contribution in [2.75, 3.05) is 12.0 Å². The van der Waals surface area contributed by atoms with Gasteiger partial charge in [0.1, 0.15) is 16.8 Å². The van der Waals surface area contributed by atoms with Crippen LogP contribution in [0.1, 0.15) is 12.5 Å². The first-order valence-electron chi connectivity index (χ1n) is 8.19. The number of anilines is 1. The largest absolute Gasteiger partial charge is 0.468 e. The summed E-state index contributed by atoms with van der Waals surface area (Å²) in [7, 11) is 1.31. The SMILES string of the molecule is COC(=O)[C@@H](C)SC1=N/C(=C\c2ccccc2)C(=O)N1c1ccc(F)cc1. The van der Waals surface area contributed by atoms with Crippen molar-refractivity contribution >= 4 is 40.6 Å². The molecule has 0 radical (unpaired) electrons. The molecule has 1 heterocycles. The summed E-state index contributed by atoms with van der Waals surface area (Å²) in [5, 5.41) is -0.215. The number of amidine groups is 1. The van der Waals surface area contributed by atoms with E-state index >= 15 is 0 Å². The minimum Gasteiger partial charge on any atom is -0.468 e. The molecule has 0 saturated carbocycles. The number of aliphatic imine (C=N–C) groups is 1. The van der Waals surface area contributed by atoms with Crippen molar-refractivity contribution in [1.29, 1.82) is 0 Å². The Morgan fingerprint density at radius 2 is 1.85 bits per heavy atom. The Labute approximate surface area is 160 Å². The van der Waals surface area contributed by atoms with Gasteiger partial charge in [0.25, 0.3) is 5.91 Å². The Morgan fingerprint density at radius 3 is 2.48 bits per heavy atom. The number of carbonyl (C=O) groups excluding carboxylic acids is 2. The minimum absolute atomic E-state index is 0.241. The van der Waals surface area contributed by atoms with E-state index in [0.29, 0.717) is 10.9 Å². The molecule has 5 nitrogen and oxygen atoms in total. The summed E-state index contributed by atoms with van der Waals surface area (Å²) >= 11 is 1.11. The molecule has 0 fully saturated rings. The quantitative estimate of drug-likeness (QED) is 0.593. The van der Waals surface area contributed by atoms with Gasteiger partial charge in [-0.3, -0.25) is 14.5 Å². The Kier molecular flexibility index (Phi) is 5.71. The Bertz CT molecular complexity index is 911. The lowest BCUT2D eigenvalue weighted by atomic mass is 10.2. The van der Waals surface area contributed by atoms with Crippen LogP contribution in [-0.4, -0.2) is 29.4 Å². The van der Waals surface area contributed by atoms with E-state index in [9.17, 15) is 14.0 Å². The summed E-state index contributed by atoms with van der Waals surface area (Å²) in [4.78, 5) is 30.5. The number of amides is 1. The Hall–Kier alpha value is -2.93. The normalized spacial score (nSPS) is 16.4. The average Bonchev–Trinajstić information content (AvgIpc) is 2.97. The van der Waals surface area contributed by atoms with Crippen molar-refractivity contribution in [3.05, 3.63) is 71.7 Å². The molecule has 0 N–H and O–H groups in total. The van der Waals surface area contributed by atoms with Gasteiger partial charge in [0.2, 0.25) is 0 Å². The van der Waals surface area contributed by atoms with Crippen LogP contribution in [0.25, 0.3) is 6.08 Å². The lowest BCUT2D eigenvalue weighted by Gasteiger charge is -2.19. The first kappa shape index (κ1) is 18.8. The van der Waals surface area contributed by atoms with Crippen molar-refractivity contribution in [2.45, 2.75) is 12.2 Å². The Morgan fingerprint density at radius 1 is 1.19 bits per heavy atom. The van der Waals surface area contributed by atoms with E-state index < -0.39 is 17.0 Å². The maximum atomic E-state index is 13.3. The third-order valence-electron chi connectivity index (χ3n) is 3.83. The number of esters is 1. The molecule has 0 spiro atoms. The third kappa shape index (κ3) is 4.25. The number of hydrogen-bond donors (Lipinski definition) is 0. The molecule has 0 aromatic heterocycles. The number of nitrogens with zero attached hydrogens (tertiary/aromatic N) is 2. The first-order valence-corrected chi connectivity index (χ1v) is 9.07. The number of methoxy groups -OCH3 is 1. The smallest absolute Gasteiger partial charge is 0.318 e. The van der Waals surface area contributed by atoms with E-state index in [1.165, 1.54) is 36.3 Å². The topological polar surface area (TPSA) is 59.0 Å². The number of carbonyl (C=O) groups is 2. The summed E-state index contributed by atoms with van der Waals surface area (Å²) in [5.74, 6) is -1.17. The van der Waals surface area contributed by atoms with E-state index in [2.05, 4.69) is 4.99 Å². The molecule has 3 rings (SSSR count). The fraction of sp³-hybridized carbons (Fsp3) is 0.150. The summed E-state index contributed by atoms with van der Waals surface area (Å²) in [6, 6.07) is 14.9. The van der Waals surface area contributed by atoms with Crippen LogP contribution >= 0.6 is 11.8 Å². The maximum Gasteiger partial charge on any atom is 0.318 e. The molecule has 2 aromatic rings. The van der Waals surface area contributed by atoms with Gasteiger partial charge >= 0.3 is 5.97 Å². The number of ether oxygens (including phenoxy) is 1. The van der Waals surface area contributed by atoms with Crippen molar-refractivity contribution in [3.8, 4) is 0 Å². The van der Waals surface area contributed by atoms with Crippen molar-refractivity contribution in [3.63, 3.8) is 0 Å². The van der Waals surface area contributed by atoms with Gasteiger partial charge in [-0.1, -0.05) is 42.1 Å². The molecule has 0 aliphatic carbocycles. The Balaban J connectivity index is 1.98. The van der Waals surface area contributed by atoms with Gasteiger partial charge in [0, 0.05) is 0 Å². The van der Waals surface area contributed by atoms with Crippen LogP contribution in [0.5, 0.6) is 0 Å². The zero-order chi connectivity index (χ0) is 19.4. The molecule has 0 unspecified atom stereocenters. The van der Waals surface area contributed by atoms with Crippen LogP contribution in [0.4, 0.5) is 10.1 Å². The molecule has 0 bridgehead atoms. The monoisotopic (exact) mass is 384 g/mol.